The molecule has 2 unspecified atom stereocenters. The monoisotopic (exact) mass is 238 g/mol. The Balaban J connectivity index is 2.58. The van der Waals surface area contributed by atoms with Gasteiger partial charge >= 0.3 is 0 Å². The van der Waals surface area contributed by atoms with Gasteiger partial charge in [-0.25, -0.2) is 0 Å². The molecule has 0 saturated carbocycles. The lowest BCUT2D eigenvalue weighted by Gasteiger charge is -2.15. The lowest BCUT2D eigenvalue weighted by molar-refractivity contribution is -0.124. The maximum Gasteiger partial charge on any atom is 0.239 e. The molecule has 0 radical (unpaired) electrons. The van der Waals surface area contributed by atoms with Gasteiger partial charge in [0.25, 0.3) is 0 Å². The highest BCUT2D eigenvalue weighted by Crippen LogP contribution is 2.16. The number of amides is 1. The number of benzene rings is 1. The quantitative estimate of drug-likeness (QED) is 0.675. The number of nitrogens with two attached hydrogens (primary N) is 1. The number of nitrogens with one attached hydrogen (secondary N) is 1. The molecule has 0 heterocycles. The molecule has 0 aliphatic carbocycles. The molecule has 0 spiro atoms. The fourth-order valence-corrected chi connectivity index (χ4v) is 1.37. The van der Waals surface area contributed by atoms with E-state index in [1.54, 1.807) is 7.11 Å². The summed E-state index contributed by atoms with van der Waals surface area (Å²) in [6.45, 7) is 1.80. The summed E-state index contributed by atoms with van der Waals surface area (Å²) in [6.07, 6.45) is -0.868. The Bertz CT molecular complexity index is 380. The Labute approximate surface area is 101 Å². The fraction of sp³-hybridized carbons (Fsp3) is 0.417. The molecule has 0 aliphatic rings. The minimum absolute atomic E-state index is 0.323. The Morgan fingerprint density at radius 1 is 1.53 bits per heavy atom. The standard InChI is InChI=1S/C12H18N2O3/c1-8(15)11(13)12(16)14-7-9-5-3-4-6-10(9)17-2/h3-6,8,11,15H,7,13H2,1-2H3,(H,14,16). The molecule has 5 heteroatoms. The molecular weight excluding hydrogens is 220 g/mol. The van der Waals surface area contributed by atoms with Crippen molar-refractivity contribution in [2.24, 2.45) is 5.73 Å². The van der Waals surface area contributed by atoms with E-state index in [4.69, 9.17) is 10.5 Å². The second kappa shape index (κ2) is 6.22. The van der Waals surface area contributed by atoms with Crippen LogP contribution >= 0.6 is 0 Å². The van der Waals surface area contributed by atoms with E-state index in [0.29, 0.717) is 12.3 Å². The number of ether oxygens (including phenoxy) is 1. The number of methoxy groups -OCH3 is 1. The first-order chi connectivity index (χ1) is 8.06. The molecule has 1 aromatic rings. The van der Waals surface area contributed by atoms with Crippen LogP contribution in [0, 0.1) is 0 Å². The van der Waals surface area contributed by atoms with E-state index in [2.05, 4.69) is 5.32 Å². The van der Waals surface area contributed by atoms with Gasteiger partial charge in [-0.3, -0.25) is 4.79 Å². The summed E-state index contributed by atoms with van der Waals surface area (Å²) in [5, 5.41) is 11.8. The van der Waals surface area contributed by atoms with E-state index >= 15 is 0 Å². The van der Waals surface area contributed by atoms with Gasteiger partial charge in [-0.2, -0.15) is 0 Å². The Hall–Kier alpha value is -1.59. The zero-order valence-corrected chi connectivity index (χ0v) is 10.0. The molecular formula is C12H18N2O3. The van der Waals surface area contributed by atoms with Gasteiger partial charge in [0.1, 0.15) is 11.8 Å². The van der Waals surface area contributed by atoms with Crippen LogP contribution in [0.3, 0.4) is 0 Å². The molecule has 0 bridgehead atoms. The smallest absolute Gasteiger partial charge is 0.239 e. The molecule has 0 aromatic heterocycles. The normalized spacial score (nSPS) is 13.9. The average molecular weight is 238 g/mol. The largest absolute Gasteiger partial charge is 0.496 e. The second-order valence-corrected chi connectivity index (χ2v) is 3.80. The molecule has 94 valence electrons. The van der Waals surface area contributed by atoms with Crippen LogP contribution in [-0.2, 0) is 11.3 Å². The van der Waals surface area contributed by atoms with Crippen LogP contribution in [-0.4, -0.2) is 30.3 Å². The third-order valence-corrected chi connectivity index (χ3v) is 2.47. The SMILES string of the molecule is COc1ccccc1CNC(=O)C(N)C(C)O. The van der Waals surface area contributed by atoms with Gasteiger partial charge in [-0.05, 0) is 13.0 Å². The number of carbonyl (C=O) groups is 1. The molecule has 0 saturated heterocycles. The predicted octanol–water partition coefficient (Wildman–Crippen LogP) is 0.0195. The molecule has 1 amide bonds. The minimum Gasteiger partial charge on any atom is -0.496 e. The lowest BCUT2D eigenvalue weighted by atomic mass is 10.1. The van der Waals surface area contributed by atoms with Crippen LogP contribution in [0.25, 0.3) is 0 Å². The summed E-state index contributed by atoms with van der Waals surface area (Å²) >= 11 is 0. The van der Waals surface area contributed by atoms with Crippen molar-refractivity contribution >= 4 is 5.91 Å². The summed E-state index contributed by atoms with van der Waals surface area (Å²) < 4.78 is 5.15. The third kappa shape index (κ3) is 3.72. The zero-order valence-electron chi connectivity index (χ0n) is 10.0. The van der Waals surface area contributed by atoms with Crippen molar-refractivity contribution in [3.05, 3.63) is 29.8 Å². The van der Waals surface area contributed by atoms with Crippen molar-refractivity contribution in [2.45, 2.75) is 25.6 Å². The van der Waals surface area contributed by atoms with Crippen molar-refractivity contribution in [3.63, 3.8) is 0 Å². The van der Waals surface area contributed by atoms with Gasteiger partial charge < -0.3 is 20.9 Å². The van der Waals surface area contributed by atoms with Crippen LogP contribution in [0.4, 0.5) is 0 Å². The maximum absolute atomic E-state index is 11.5. The highest BCUT2D eigenvalue weighted by molar-refractivity contribution is 5.82. The Morgan fingerprint density at radius 2 is 2.18 bits per heavy atom. The van der Waals surface area contributed by atoms with E-state index in [-0.39, 0.29) is 5.91 Å². The van der Waals surface area contributed by atoms with Crippen molar-refractivity contribution in [1.29, 1.82) is 0 Å². The minimum atomic E-state index is -0.912. The highest BCUT2D eigenvalue weighted by atomic mass is 16.5. The Kier molecular flexibility index (Phi) is 4.93. The zero-order chi connectivity index (χ0) is 12.8. The first-order valence-electron chi connectivity index (χ1n) is 5.39. The van der Waals surface area contributed by atoms with Gasteiger partial charge in [0.15, 0.2) is 0 Å². The average Bonchev–Trinajstić information content (AvgIpc) is 2.35. The number of hydrogen-bond donors (Lipinski definition) is 3. The number of rotatable bonds is 5. The van der Waals surface area contributed by atoms with Crippen molar-refractivity contribution in [2.75, 3.05) is 7.11 Å². The third-order valence-electron chi connectivity index (χ3n) is 2.47. The van der Waals surface area contributed by atoms with E-state index in [1.165, 1.54) is 6.92 Å². The predicted molar refractivity (Wildman–Crippen MR) is 64.5 cm³/mol. The summed E-state index contributed by atoms with van der Waals surface area (Å²) in [6, 6.07) is 6.47. The fourth-order valence-electron chi connectivity index (χ4n) is 1.37. The number of hydrogen-bond acceptors (Lipinski definition) is 4. The second-order valence-electron chi connectivity index (χ2n) is 3.80. The first-order valence-corrected chi connectivity index (χ1v) is 5.39. The van der Waals surface area contributed by atoms with Crippen molar-refractivity contribution in [3.8, 4) is 5.75 Å². The van der Waals surface area contributed by atoms with E-state index in [9.17, 15) is 9.90 Å². The molecule has 5 nitrogen and oxygen atoms in total. The Morgan fingerprint density at radius 3 is 2.76 bits per heavy atom. The van der Waals surface area contributed by atoms with Crippen molar-refractivity contribution < 1.29 is 14.6 Å². The summed E-state index contributed by atoms with van der Waals surface area (Å²) in [5.41, 5.74) is 6.36. The number of carbonyl (C=O) groups excluding carboxylic acids is 1. The van der Waals surface area contributed by atoms with Crippen LogP contribution in [0.1, 0.15) is 12.5 Å². The molecule has 1 aromatic carbocycles. The van der Waals surface area contributed by atoms with E-state index in [0.717, 1.165) is 5.56 Å². The number of aliphatic hydroxyl groups is 1. The summed E-state index contributed by atoms with van der Waals surface area (Å²) in [7, 11) is 1.57. The lowest BCUT2D eigenvalue weighted by Crippen LogP contribution is -2.46. The molecule has 0 fully saturated rings. The summed E-state index contributed by atoms with van der Waals surface area (Å²) in [4.78, 5) is 11.5. The molecule has 0 aliphatic heterocycles. The highest BCUT2D eigenvalue weighted by Gasteiger charge is 2.18. The molecule has 17 heavy (non-hydrogen) atoms. The molecule has 1 rings (SSSR count). The van der Waals surface area contributed by atoms with Gasteiger partial charge in [0.2, 0.25) is 5.91 Å². The number of para-hydroxylation sites is 1. The van der Waals surface area contributed by atoms with Crippen LogP contribution in [0.15, 0.2) is 24.3 Å². The van der Waals surface area contributed by atoms with Gasteiger partial charge in [0, 0.05) is 12.1 Å². The van der Waals surface area contributed by atoms with Crippen LogP contribution in [0.5, 0.6) is 5.75 Å². The first kappa shape index (κ1) is 13.5. The van der Waals surface area contributed by atoms with Crippen LogP contribution in [0.2, 0.25) is 0 Å². The molecule has 2 atom stereocenters. The van der Waals surface area contributed by atoms with Crippen molar-refractivity contribution in [1.82, 2.24) is 5.32 Å². The topological polar surface area (TPSA) is 84.6 Å². The van der Waals surface area contributed by atoms with E-state index < -0.39 is 12.1 Å². The van der Waals surface area contributed by atoms with Gasteiger partial charge in [-0.15, -0.1) is 0 Å². The van der Waals surface area contributed by atoms with Gasteiger partial charge in [0.05, 0.1) is 13.2 Å². The van der Waals surface area contributed by atoms with Crippen LogP contribution < -0.4 is 15.8 Å². The summed E-state index contributed by atoms with van der Waals surface area (Å²) in [5.74, 6) is 0.323. The molecule has 4 N–H and O–H groups in total. The maximum atomic E-state index is 11.5. The number of aliphatic hydroxyl groups excluding tert-OH is 1. The van der Waals surface area contributed by atoms with Gasteiger partial charge in [-0.1, -0.05) is 18.2 Å². The van der Waals surface area contributed by atoms with E-state index in [1.807, 2.05) is 24.3 Å².